The third-order valence-electron chi connectivity index (χ3n) is 4.20. The normalized spacial score (nSPS) is 11.6. The first-order chi connectivity index (χ1) is 12.4. The second-order valence-electron chi connectivity index (χ2n) is 6.34. The summed E-state index contributed by atoms with van der Waals surface area (Å²) in [6.07, 6.45) is 1.70. The van der Waals surface area contributed by atoms with E-state index in [0.717, 1.165) is 38.2 Å². The fourth-order valence-electron chi connectivity index (χ4n) is 2.79. The van der Waals surface area contributed by atoms with Crippen LogP contribution in [0.2, 0.25) is 0 Å². The molecule has 0 aliphatic carbocycles. The molecular formula is C21H24F4O. The minimum atomic E-state index is -4.53. The van der Waals surface area contributed by atoms with Crippen LogP contribution < -0.4 is 4.74 Å². The smallest absolute Gasteiger partial charge is 0.419 e. The van der Waals surface area contributed by atoms with Gasteiger partial charge in [-0.2, -0.15) is 13.2 Å². The van der Waals surface area contributed by atoms with Crippen LogP contribution >= 0.6 is 0 Å². The van der Waals surface area contributed by atoms with Crippen molar-refractivity contribution in [1.29, 1.82) is 0 Å². The lowest BCUT2D eigenvalue weighted by Crippen LogP contribution is -2.09. The standard InChI is InChI=1S/C21H24F4O/c1-2-3-4-5-6-7-13-26-20-12-11-17(15-19(20)21(23,24)25)16-9-8-10-18(22)14-16/h8-12,14-15H,2-7,13H2,1H3. The van der Waals surface area contributed by atoms with E-state index in [9.17, 15) is 17.6 Å². The van der Waals surface area contributed by atoms with E-state index in [1.165, 1.54) is 36.8 Å². The zero-order chi connectivity index (χ0) is 19.0. The zero-order valence-corrected chi connectivity index (χ0v) is 14.9. The number of unbranched alkanes of at least 4 members (excludes halogenated alkanes) is 5. The van der Waals surface area contributed by atoms with E-state index in [-0.39, 0.29) is 12.4 Å². The summed E-state index contributed by atoms with van der Waals surface area (Å²) in [5, 5.41) is 0. The highest BCUT2D eigenvalue weighted by Gasteiger charge is 2.34. The first-order valence-corrected chi connectivity index (χ1v) is 9.02. The molecule has 26 heavy (non-hydrogen) atoms. The van der Waals surface area contributed by atoms with Gasteiger partial charge in [0.2, 0.25) is 0 Å². The maximum Gasteiger partial charge on any atom is 0.419 e. The molecule has 0 aliphatic rings. The quantitative estimate of drug-likeness (QED) is 0.334. The summed E-state index contributed by atoms with van der Waals surface area (Å²) >= 11 is 0. The van der Waals surface area contributed by atoms with Gasteiger partial charge in [0.15, 0.2) is 0 Å². The molecule has 0 amide bonds. The van der Waals surface area contributed by atoms with Crippen LogP contribution in [0.3, 0.4) is 0 Å². The van der Waals surface area contributed by atoms with E-state index in [0.29, 0.717) is 11.1 Å². The molecule has 2 aromatic rings. The predicted octanol–water partition coefficient (Wildman–Crippen LogP) is 7.25. The van der Waals surface area contributed by atoms with Gasteiger partial charge in [0.05, 0.1) is 12.2 Å². The molecule has 1 nitrogen and oxygen atoms in total. The molecule has 0 saturated heterocycles. The van der Waals surface area contributed by atoms with Crippen molar-refractivity contribution in [2.75, 3.05) is 6.61 Å². The van der Waals surface area contributed by atoms with Crippen molar-refractivity contribution in [2.24, 2.45) is 0 Å². The topological polar surface area (TPSA) is 9.23 Å². The van der Waals surface area contributed by atoms with Gasteiger partial charge < -0.3 is 4.74 Å². The molecule has 0 heterocycles. The summed E-state index contributed by atoms with van der Waals surface area (Å²) in [5.41, 5.74) is -0.119. The minimum Gasteiger partial charge on any atom is -0.493 e. The van der Waals surface area contributed by atoms with E-state index in [2.05, 4.69) is 6.92 Å². The van der Waals surface area contributed by atoms with E-state index in [1.54, 1.807) is 6.07 Å². The Bertz CT molecular complexity index is 695. The van der Waals surface area contributed by atoms with Crippen LogP contribution in [0.4, 0.5) is 17.6 Å². The van der Waals surface area contributed by atoms with Gasteiger partial charge in [0.1, 0.15) is 11.6 Å². The van der Waals surface area contributed by atoms with Crippen molar-refractivity contribution in [1.82, 2.24) is 0 Å². The molecule has 0 spiro atoms. The zero-order valence-electron chi connectivity index (χ0n) is 14.9. The Morgan fingerprint density at radius 2 is 1.54 bits per heavy atom. The van der Waals surface area contributed by atoms with E-state index >= 15 is 0 Å². The largest absolute Gasteiger partial charge is 0.493 e. The molecule has 2 aromatic carbocycles. The van der Waals surface area contributed by atoms with Crippen molar-refractivity contribution in [3.63, 3.8) is 0 Å². The highest BCUT2D eigenvalue weighted by molar-refractivity contribution is 5.66. The SMILES string of the molecule is CCCCCCCCOc1ccc(-c2cccc(F)c2)cc1C(F)(F)F. The van der Waals surface area contributed by atoms with Crippen LogP contribution in [0.1, 0.15) is 51.0 Å². The summed E-state index contributed by atoms with van der Waals surface area (Å²) in [6.45, 7) is 2.39. The Labute approximate surface area is 152 Å². The summed E-state index contributed by atoms with van der Waals surface area (Å²) in [7, 11) is 0. The second-order valence-corrected chi connectivity index (χ2v) is 6.34. The summed E-state index contributed by atoms with van der Waals surface area (Å²) in [5.74, 6) is -0.661. The van der Waals surface area contributed by atoms with Crippen LogP contribution in [0, 0.1) is 5.82 Å². The number of benzene rings is 2. The summed E-state index contributed by atoms with van der Waals surface area (Å²) < 4.78 is 58.9. The Balaban J connectivity index is 2.07. The molecule has 0 fully saturated rings. The van der Waals surface area contributed by atoms with Gasteiger partial charge in [-0.05, 0) is 41.8 Å². The first kappa shape index (κ1) is 20.3. The van der Waals surface area contributed by atoms with Gasteiger partial charge in [0, 0.05) is 0 Å². The third-order valence-corrected chi connectivity index (χ3v) is 4.20. The number of alkyl halides is 3. The van der Waals surface area contributed by atoms with Crippen LogP contribution in [0.25, 0.3) is 11.1 Å². The molecule has 0 unspecified atom stereocenters. The lowest BCUT2D eigenvalue weighted by atomic mass is 10.0. The molecule has 2 rings (SSSR count). The number of halogens is 4. The Morgan fingerprint density at radius 1 is 0.846 bits per heavy atom. The third kappa shape index (κ3) is 6.04. The maximum atomic E-state index is 13.4. The van der Waals surface area contributed by atoms with E-state index < -0.39 is 17.6 Å². The fourth-order valence-corrected chi connectivity index (χ4v) is 2.79. The van der Waals surface area contributed by atoms with Crippen molar-refractivity contribution < 1.29 is 22.3 Å². The average molecular weight is 368 g/mol. The van der Waals surface area contributed by atoms with E-state index in [1.807, 2.05) is 0 Å². The van der Waals surface area contributed by atoms with Gasteiger partial charge in [0.25, 0.3) is 0 Å². The molecular weight excluding hydrogens is 344 g/mol. The average Bonchev–Trinajstić information content (AvgIpc) is 2.60. The van der Waals surface area contributed by atoms with Crippen LogP contribution in [-0.4, -0.2) is 6.61 Å². The molecule has 0 atom stereocenters. The Hall–Kier alpha value is -2.04. The highest BCUT2D eigenvalue weighted by atomic mass is 19.4. The number of rotatable bonds is 9. The Kier molecular flexibility index (Phi) is 7.49. The van der Waals surface area contributed by atoms with Crippen LogP contribution in [0.5, 0.6) is 5.75 Å². The summed E-state index contributed by atoms with van der Waals surface area (Å²) in [4.78, 5) is 0. The van der Waals surface area contributed by atoms with Gasteiger partial charge in [-0.15, -0.1) is 0 Å². The number of hydrogen-bond acceptors (Lipinski definition) is 1. The van der Waals surface area contributed by atoms with E-state index in [4.69, 9.17) is 4.74 Å². The maximum absolute atomic E-state index is 13.4. The predicted molar refractivity (Wildman–Crippen MR) is 95.7 cm³/mol. The highest BCUT2D eigenvalue weighted by Crippen LogP contribution is 2.39. The molecule has 142 valence electrons. The lowest BCUT2D eigenvalue weighted by molar-refractivity contribution is -0.138. The monoisotopic (exact) mass is 368 g/mol. The number of ether oxygens (including phenoxy) is 1. The molecule has 0 bridgehead atoms. The van der Waals surface area contributed by atoms with Gasteiger partial charge in [-0.25, -0.2) is 4.39 Å². The van der Waals surface area contributed by atoms with Gasteiger partial charge in [-0.3, -0.25) is 0 Å². The number of hydrogen-bond donors (Lipinski definition) is 0. The van der Waals surface area contributed by atoms with Crippen molar-refractivity contribution in [3.8, 4) is 16.9 Å². The van der Waals surface area contributed by atoms with Gasteiger partial charge in [-0.1, -0.05) is 57.2 Å². The molecule has 0 radical (unpaired) electrons. The lowest BCUT2D eigenvalue weighted by Gasteiger charge is -2.15. The first-order valence-electron chi connectivity index (χ1n) is 9.02. The van der Waals surface area contributed by atoms with Crippen LogP contribution in [-0.2, 0) is 6.18 Å². The minimum absolute atomic E-state index is 0.175. The van der Waals surface area contributed by atoms with Crippen molar-refractivity contribution >= 4 is 0 Å². The van der Waals surface area contributed by atoms with Crippen molar-refractivity contribution in [2.45, 2.75) is 51.6 Å². The second kappa shape index (κ2) is 9.60. The summed E-state index contributed by atoms with van der Waals surface area (Å²) in [6, 6.07) is 9.39. The van der Waals surface area contributed by atoms with Crippen molar-refractivity contribution in [3.05, 3.63) is 53.8 Å². The Morgan fingerprint density at radius 3 is 2.23 bits per heavy atom. The molecule has 0 saturated carbocycles. The molecule has 5 heteroatoms. The molecule has 0 N–H and O–H groups in total. The fraction of sp³-hybridized carbons (Fsp3) is 0.429. The molecule has 0 aromatic heterocycles. The molecule has 0 aliphatic heterocycles. The van der Waals surface area contributed by atoms with Crippen LogP contribution in [0.15, 0.2) is 42.5 Å². The van der Waals surface area contributed by atoms with Gasteiger partial charge >= 0.3 is 6.18 Å².